The molecule has 0 atom stereocenters. The number of carbonyl (C=O) groups is 1. The molecule has 0 fully saturated rings. The van der Waals surface area contributed by atoms with Crippen molar-refractivity contribution in [3.05, 3.63) is 16.8 Å². The fourth-order valence-corrected chi connectivity index (χ4v) is 2.44. The highest BCUT2D eigenvalue weighted by atomic mass is 16.4. The van der Waals surface area contributed by atoms with Crippen LogP contribution in [0.2, 0.25) is 0 Å². The zero-order valence-electron chi connectivity index (χ0n) is 13.3. The normalized spacial score (nSPS) is 11.5. The van der Waals surface area contributed by atoms with Crippen LogP contribution in [0.4, 0.5) is 5.82 Å². The number of nitrogens with zero attached hydrogens (tertiary/aromatic N) is 3. The first-order valence-electron chi connectivity index (χ1n) is 7.04. The van der Waals surface area contributed by atoms with Crippen LogP contribution in [-0.2, 0) is 12.8 Å². The van der Waals surface area contributed by atoms with Crippen molar-refractivity contribution in [3.8, 4) is 0 Å². The number of aromatic nitrogens is 2. The summed E-state index contributed by atoms with van der Waals surface area (Å²) < 4.78 is 0. The third-order valence-corrected chi connectivity index (χ3v) is 3.11. The largest absolute Gasteiger partial charge is 0.478 e. The van der Waals surface area contributed by atoms with Gasteiger partial charge in [-0.05, 0) is 23.8 Å². The third kappa shape index (κ3) is 3.68. The number of carboxylic acid groups (broad SMARTS) is 1. The van der Waals surface area contributed by atoms with Crippen molar-refractivity contribution in [1.29, 1.82) is 0 Å². The molecule has 0 unspecified atom stereocenters. The van der Waals surface area contributed by atoms with Crippen molar-refractivity contribution in [2.75, 3.05) is 18.5 Å². The number of aromatic carboxylic acids is 1. The van der Waals surface area contributed by atoms with Crippen LogP contribution in [0, 0.1) is 5.41 Å². The second-order valence-electron chi connectivity index (χ2n) is 6.25. The average molecular weight is 279 g/mol. The summed E-state index contributed by atoms with van der Waals surface area (Å²) in [5, 5.41) is 17.9. The van der Waals surface area contributed by atoms with E-state index < -0.39 is 5.97 Å². The van der Waals surface area contributed by atoms with Gasteiger partial charge >= 0.3 is 5.97 Å². The minimum atomic E-state index is -0.929. The molecule has 0 aliphatic rings. The summed E-state index contributed by atoms with van der Waals surface area (Å²) in [7, 11) is 1.87. The molecule has 0 saturated carbocycles. The maximum Gasteiger partial charge on any atom is 0.339 e. The fraction of sp³-hybridized carbons (Fsp3) is 0.667. The number of carboxylic acids is 1. The fourth-order valence-electron chi connectivity index (χ4n) is 2.44. The Balaban J connectivity index is 3.36. The standard InChI is InChI=1S/C15H25N3O2/c1-7-10-11(8-2)16-17-13(12(10)14(19)20)18(6)9-15(3,4)5/h7-9H2,1-6H3,(H,19,20). The van der Waals surface area contributed by atoms with Crippen LogP contribution < -0.4 is 4.90 Å². The first-order valence-corrected chi connectivity index (χ1v) is 7.04. The number of rotatable bonds is 5. The van der Waals surface area contributed by atoms with Crippen molar-refractivity contribution in [3.63, 3.8) is 0 Å². The first kappa shape index (κ1) is 16.4. The van der Waals surface area contributed by atoms with Gasteiger partial charge in [0.25, 0.3) is 0 Å². The zero-order valence-corrected chi connectivity index (χ0v) is 13.3. The monoisotopic (exact) mass is 279 g/mol. The van der Waals surface area contributed by atoms with Crippen LogP contribution in [0.3, 0.4) is 0 Å². The Bertz CT molecular complexity index is 493. The molecule has 0 aromatic carbocycles. The smallest absolute Gasteiger partial charge is 0.339 e. The van der Waals surface area contributed by atoms with Gasteiger partial charge in [-0.1, -0.05) is 34.6 Å². The highest BCUT2D eigenvalue weighted by Gasteiger charge is 2.24. The lowest BCUT2D eigenvalue weighted by molar-refractivity contribution is 0.0695. The summed E-state index contributed by atoms with van der Waals surface area (Å²) in [5.41, 5.74) is 1.93. The molecule has 1 N–H and O–H groups in total. The van der Waals surface area contributed by atoms with E-state index in [0.29, 0.717) is 24.2 Å². The lowest BCUT2D eigenvalue weighted by Gasteiger charge is -2.28. The lowest BCUT2D eigenvalue weighted by Crippen LogP contribution is -2.32. The van der Waals surface area contributed by atoms with Crippen molar-refractivity contribution >= 4 is 11.8 Å². The van der Waals surface area contributed by atoms with E-state index in [1.165, 1.54) is 0 Å². The van der Waals surface area contributed by atoms with E-state index >= 15 is 0 Å². The van der Waals surface area contributed by atoms with Gasteiger partial charge < -0.3 is 10.0 Å². The molecule has 112 valence electrons. The second kappa shape index (κ2) is 6.20. The van der Waals surface area contributed by atoms with E-state index in [0.717, 1.165) is 17.8 Å². The molecule has 1 aromatic rings. The first-order chi connectivity index (χ1) is 9.21. The molecule has 0 bridgehead atoms. The Morgan fingerprint density at radius 3 is 2.20 bits per heavy atom. The number of aryl methyl sites for hydroxylation is 1. The average Bonchev–Trinajstić information content (AvgIpc) is 2.34. The minimum Gasteiger partial charge on any atom is -0.478 e. The van der Waals surface area contributed by atoms with Gasteiger partial charge in [0, 0.05) is 13.6 Å². The molecule has 0 aliphatic heterocycles. The van der Waals surface area contributed by atoms with Crippen LogP contribution >= 0.6 is 0 Å². The maximum atomic E-state index is 11.6. The van der Waals surface area contributed by atoms with Crippen molar-refractivity contribution < 1.29 is 9.90 Å². The van der Waals surface area contributed by atoms with Crippen LogP contribution in [0.5, 0.6) is 0 Å². The van der Waals surface area contributed by atoms with E-state index in [2.05, 4.69) is 31.0 Å². The van der Waals surface area contributed by atoms with Gasteiger partial charge in [-0.25, -0.2) is 4.79 Å². The molecule has 1 rings (SSSR count). The van der Waals surface area contributed by atoms with Crippen molar-refractivity contribution in [1.82, 2.24) is 10.2 Å². The minimum absolute atomic E-state index is 0.0575. The molecule has 0 aliphatic carbocycles. The van der Waals surface area contributed by atoms with Gasteiger partial charge in [-0.3, -0.25) is 0 Å². The molecule has 0 saturated heterocycles. The van der Waals surface area contributed by atoms with E-state index in [9.17, 15) is 9.90 Å². The molecular formula is C15H25N3O2. The Kier molecular flexibility index (Phi) is 5.09. The molecule has 5 nitrogen and oxygen atoms in total. The van der Waals surface area contributed by atoms with E-state index in [4.69, 9.17) is 0 Å². The van der Waals surface area contributed by atoms with Gasteiger partial charge in [-0.2, -0.15) is 5.10 Å². The molecule has 1 aromatic heterocycles. The SMILES string of the molecule is CCc1nnc(N(C)CC(C)(C)C)c(C(=O)O)c1CC. The summed E-state index contributed by atoms with van der Waals surface area (Å²) in [6.45, 7) is 11.0. The Morgan fingerprint density at radius 1 is 1.20 bits per heavy atom. The number of hydrogen-bond acceptors (Lipinski definition) is 4. The summed E-state index contributed by atoms with van der Waals surface area (Å²) in [6, 6.07) is 0. The maximum absolute atomic E-state index is 11.6. The Hall–Kier alpha value is -1.65. The summed E-state index contributed by atoms with van der Waals surface area (Å²) in [5.74, 6) is -0.469. The molecule has 5 heteroatoms. The number of hydrogen-bond donors (Lipinski definition) is 1. The molecule has 20 heavy (non-hydrogen) atoms. The highest BCUT2D eigenvalue weighted by Crippen LogP contribution is 2.26. The van der Waals surface area contributed by atoms with E-state index in [1.54, 1.807) is 0 Å². The van der Waals surface area contributed by atoms with Gasteiger partial charge in [0.2, 0.25) is 0 Å². The third-order valence-electron chi connectivity index (χ3n) is 3.11. The Labute approximate surface area is 121 Å². The van der Waals surface area contributed by atoms with Crippen LogP contribution in [0.25, 0.3) is 0 Å². The summed E-state index contributed by atoms with van der Waals surface area (Å²) >= 11 is 0. The Morgan fingerprint density at radius 2 is 1.80 bits per heavy atom. The predicted molar refractivity (Wildman–Crippen MR) is 80.5 cm³/mol. The predicted octanol–water partition coefficient (Wildman–Crippen LogP) is 2.78. The van der Waals surface area contributed by atoms with Crippen molar-refractivity contribution in [2.45, 2.75) is 47.5 Å². The van der Waals surface area contributed by atoms with E-state index in [1.807, 2.05) is 25.8 Å². The van der Waals surface area contributed by atoms with Gasteiger partial charge in [0.15, 0.2) is 5.82 Å². The molecular weight excluding hydrogens is 254 g/mol. The number of anilines is 1. The van der Waals surface area contributed by atoms with Gasteiger partial charge in [0.1, 0.15) is 5.56 Å². The van der Waals surface area contributed by atoms with E-state index in [-0.39, 0.29) is 5.41 Å². The lowest BCUT2D eigenvalue weighted by atomic mass is 9.95. The van der Waals surface area contributed by atoms with Gasteiger partial charge in [-0.15, -0.1) is 5.10 Å². The second-order valence-corrected chi connectivity index (χ2v) is 6.25. The summed E-state index contributed by atoms with van der Waals surface area (Å²) in [6.07, 6.45) is 1.34. The summed E-state index contributed by atoms with van der Waals surface area (Å²) in [4.78, 5) is 13.5. The molecule has 0 radical (unpaired) electrons. The van der Waals surface area contributed by atoms with Gasteiger partial charge in [0.05, 0.1) is 5.69 Å². The molecule has 1 heterocycles. The van der Waals surface area contributed by atoms with Crippen LogP contribution in [-0.4, -0.2) is 34.9 Å². The molecule has 0 spiro atoms. The zero-order chi connectivity index (χ0) is 15.5. The highest BCUT2D eigenvalue weighted by molar-refractivity contribution is 5.95. The van der Waals surface area contributed by atoms with Crippen molar-refractivity contribution in [2.24, 2.45) is 5.41 Å². The van der Waals surface area contributed by atoms with Crippen LogP contribution in [0.15, 0.2) is 0 Å². The quantitative estimate of drug-likeness (QED) is 0.897. The van der Waals surface area contributed by atoms with Crippen LogP contribution in [0.1, 0.15) is 56.2 Å². The molecule has 0 amide bonds. The topological polar surface area (TPSA) is 66.3 Å².